The first-order chi connectivity index (χ1) is 13.8. The Kier molecular flexibility index (Phi) is 7.32. The van der Waals surface area contributed by atoms with Crippen LogP contribution >= 0.6 is 47.2 Å². The molecule has 0 aromatic heterocycles. The minimum Gasteiger partial charge on any atom is -0.495 e. The van der Waals surface area contributed by atoms with Gasteiger partial charge >= 0.3 is 5.97 Å². The van der Waals surface area contributed by atoms with Gasteiger partial charge in [-0.25, -0.2) is 0 Å². The van der Waals surface area contributed by atoms with Crippen molar-refractivity contribution < 1.29 is 14.3 Å². The maximum Gasteiger partial charge on any atom is 0.307 e. The van der Waals surface area contributed by atoms with Crippen LogP contribution in [0.25, 0.3) is 0 Å². The summed E-state index contributed by atoms with van der Waals surface area (Å²) in [4.78, 5) is 12.9. The first-order valence-electron chi connectivity index (χ1n) is 9.07. The van der Waals surface area contributed by atoms with E-state index in [1.165, 1.54) is 0 Å². The lowest BCUT2D eigenvalue weighted by atomic mass is 10.0. The zero-order valence-corrected chi connectivity index (χ0v) is 19.3. The zero-order valence-electron chi connectivity index (χ0n) is 16.2. The lowest BCUT2D eigenvalue weighted by molar-refractivity contribution is -0.147. The number of hydrogen-bond donors (Lipinski definition) is 1. The van der Waals surface area contributed by atoms with E-state index in [1.54, 1.807) is 24.9 Å². The normalized spacial score (nSPS) is 18.6. The number of thiocarbonyl (C=S) groups is 1. The fourth-order valence-electron chi connectivity index (χ4n) is 3.11. The third-order valence-corrected chi connectivity index (χ3v) is 7.05. The molecule has 4 nitrogen and oxygen atoms in total. The largest absolute Gasteiger partial charge is 0.495 e. The smallest absolute Gasteiger partial charge is 0.307 e. The molecule has 0 aliphatic carbocycles. The number of rotatable bonds is 5. The number of methoxy groups -OCH3 is 1. The number of nitrogens with one attached hydrogen (secondary N) is 1. The second-order valence-electron chi connectivity index (χ2n) is 6.83. The molecule has 1 heterocycles. The number of fused-ring (bicyclic) bond motifs is 1. The van der Waals surface area contributed by atoms with Crippen molar-refractivity contribution in [3.63, 3.8) is 0 Å². The first-order valence-corrected chi connectivity index (χ1v) is 11.2. The van der Waals surface area contributed by atoms with Gasteiger partial charge in [-0.2, -0.15) is 0 Å². The molecule has 2 aromatic rings. The summed E-state index contributed by atoms with van der Waals surface area (Å²) in [6.45, 7) is 3.65. The van der Waals surface area contributed by atoms with E-state index in [1.807, 2.05) is 44.2 Å². The second-order valence-corrected chi connectivity index (χ2v) is 9.40. The number of hydrogen-bond acceptors (Lipinski definition) is 5. The van der Waals surface area contributed by atoms with Crippen LogP contribution < -0.4 is 10.1 Å². The second kappa shape index (κ2) is 9.56. The summed E-state index contributed by atoms with van der Waals surface area (Å²) in [5.74, 6) is 0.296. The summed E-state index contributed by atoms with van der Waals surface area (Å²) in [5, 5.41) is 3.93. The van der Waals surface area contributed by atoms with Crippen molar-refractivity contribution >= 4 is 63.8 Å². The van der Waals surface area contributed by atoms with Crippen LogP contribution in [0.15, 0.2) is 36.4 Å². The molecule has 0 bridgehead atoms. The molecule has 0 saturated heterocycles. The summed E-state index contributed by atoms with van der Waals surface area (Å²) >= 11 is 20.1. The summed E-state index contributed by atoms with van der Waals surface area (Å²) in [7, 11) is 1.58. The molecule has 1 aliphatic heterocycles. The molecule has 0 radical (unpaired) electrons. The van der Waals surface area contributed by atoms with E-state index in [4.69, 9.17) is 44.9 Å². The predicted octanol–water partition coefficient (Wildman–Crippen LogP) is 6.29. The Morgan fingerprint density at radius 2 is 2.00 bits per heavy atom. The summed E-state index contributed by atoms with van der Waals surface area (Å²) in [6, 6.07) is 11.2. The van der Waals surface area contributed by atoms with Gasteiger partial charge in [0.1, 0.15) is 5.75 Å². The Labute approximate surface area is 190 Å². The molecule has 29 heavy (non-hydrogen) atoms. The molecule has 2 aromatic carbocycles. The average molecular weight is 470 g/mol. The number of halogens is 2. The van der Waals surface area contributed by atoms with Crippen molar-refractivity contribution in [2.24, 2.45) is 0 Å². The lowest BCUT2D eigenvalue weighted by Gasteiger charge is -2.22. The van der Waals surface area contributed by atoms with E-state index in [0.717, 1.165) is 16.8 Å². The standard InChI is InChI=1S/C21H21Cl2NO3S2/c1-11(2)27-18(25)10-17-21(28)24-15-8-7-12(22)9-14(15)20(29-17)13-5-4-6-16(26-3)19(13)23/h4-9,11,17,20H,10H2,1-3H3,(H,24,28)/t17-,20-/m1/s1. The van der Waals surface area contributed by atoms with Crippen molar-refractivity contribution in [3.8, 4) is 5.75 Å². The molecule has 0 amide bonds. The molecule has 0 saturated carbocycles. The Morgan fingerprint density at radius 1 is 1.24 bits per heavy atom. The van der Waals surface area contributed by atoms with Crippen LogP contribution in [0.5, 0.6) is 5.75 Å². The number of carbonyl (C=O) groups is 1. The van der Waals surface area contributed by atoms with Gasteiger partial charge in [0, 0.05) is 10.7 Å². The predicted molar refractivity (Wildman–Crippen MR) is 125 cm³/mol. The maximum atomic E-state index is 12.3. The molecule has 154 valence electrons. The maximum absolute atomic E-state index is 12.3. The van der Waals surface area contributed by atoms with E-state index in [9.17, 15) is 4.79 Å². The quantitative estimate of drug-likeness (QED) is 0.410. The summed E-state index contributed by atoms with van der Waals surface area (Å²) < 4.78 is 10.7. The van der Waals surface area contributed by atoms with Gasteiger partial charge in [0.2, 0.25) is 0 Å². The van der Waals surface area contributed by atoms with E-state index in [-0.39, 0.29) is 29.0 Å². The third kappa shape index (κ3) is 5.18. The van der Waals surface area contributed by atoms with E-state index in [2.05, 4.69) is 5.32 Å². The van der Waals surface area contributed by atoms with E-state index < -0.39 is 0 Å². The van der Waals surface area contributed by atoms with Crippen molar-refractivity contribution in [2.75, 3.05) is 12.4 Å². The molecule has 8 heteroatoms. The van der Waals surface area contributed by atoms with Crippen molar-refractivity contribution in [3.05, 3.63) is 57.6 Å². The van der Waals surface area contributed by atoms with Crippen LogP contribution in [0.2, 0.25) is 10.0 Å². The van der Waals surface area contributed by atoms with Crippen LogP contribution in [0, 0.1) is 0 Å². The molecule has 3 rings (SSSR count). The van der Waals surface area contributed by atoms with Crippen LogP contribution in [0.4, 0.5) is 5.69 Å². The fourth-order valence-corrected chi connectivity index (χ4v) is 5.45. The number of benzene rings is 2. The molecule has 1 aliphatic rings. The molecule has 2 atom stereocenters. The molecular formula is C21H21Cl2NO3S2. The molecule has 0 spiro atoms. The van der Waals surface area contributed by atoms with Gasteiger partial charge < -0.3 is 14.8 Å². The highest BCUT2D eigenvalue weighted by atomic mass is 35.5. The highest BCUT2D eigenvalue weighted by Gasteiger charge is 2.33. The third-order valence-electron chi connectivity index (χ3n) is 4.36. The summed E-state index contributed by atoms with van der Waals surface area (Å²) in [5.41, 5.74) is 2.66. The summed E-state index contributed by atoms with van der Waals surface area (Å²) in [6.07, 6.45) is -0.0199. The van der Waals surface area contributed by atoms with Gasteiger partial charge in [-0.15, -0.1) is 11.8 Å². The highest BCUT2D eigenvalue weighted by Crippen LogP contribution is 2.49. The average Bonchev–Trinajstić information content (AvgIpc) is 2.78. The number of anilines is 1. The van der Waals surface area contributed by atoms with E-state index in [0.29, 0.717) is 20.8 Å². The Morgan fingerprint density at radius 3 is 2.69 bits per heavy atom. The first kappa shape index (κ1) is 22.2. The fraction of sp³-hybridized carbons (Fsp3) is 0.333. The van der Waals surface area contributed by atoms with Crippen LogP contribution in [-0.4, -0.2) is 29.4 Å². The van der Waals surface area contributed by atoms with Gasteiger partial charge in [0.25, 0.3) is 0 Å². The minimum atomic E-state index is -0.291. The Hall–Kier alpha value is -1.47. The zero-order chi connectivity index (χ0) is 21.1. The minimum absolute atomic E-state index is 0.161. The van der Waals surface area contributed by atoms with E-state index >= 15 is 0 Å². The number of thioether (sulfide) groups is 1. The Balaban J connectivity index is 2.05. The Bertz CT molecular complexity index is 936. The monoisotopic (exact) mass is 469 g/mol. The highest BCUT2D eigenvalue weighted by molar-refractivity contribution is 8.02. The number of ether oxygens (including phenoxy) is 2. The molecule has 0 unspecified atom stereocenters. The number of carbonyl (C=O) groups excluding carboxylic acids is 1. The topological polar surface area (TPSA) is 47.6 Å². The lowest BCUT2D eigenvalue weighted by Crippen LogP contribution is -2.26. The molecular weight excluding hydrogens is 449 g/mol. The number of esters is 1. The SMILES string of the molecule is COc1cccc([C@H]2S[C@H](CC(=O)OC(C)C)C(=S)Nc3ccc(Cl)cc32)c1Cl. The van der Waals surface area contributed by atoms with Gasteiger partial charge in [-0.1, -0.05) is 47.6 Å². The molecule has 0 fully saturated rings. The van der Waals surface area contributed by atoms with Crippen LogP contribution in [0.3, 0.4) is 0 Å². The van der Waals surface area contributed by atoms with Crippen molar-refractivity contribution in [1.82, 2.24) is 0 Å². The van der Waals surface area contributed by atoms with Gasteiger partial charge in [-0.05, 0) is 49.2 Å². The van der Waals surface area contributed by atoms with Crippen molar-refractivity contribution in [2.45, 2.75) is 36.9 Å². The van der Waals surface area contributed by atoms with Crippen LogP contribution in [0.1, 0.15) is 36.6 Å². The molecule has 1 N–H and O–H groups in total. The van der Waals surface area contributed by atoms with Crippen molar-refractivity contribution in [1.29, 1.82) is 0 Å². The van der Waals surface area contributed by atoms with Crippen LogP contribution in [-0.2, 0) is 9.53 Å². The van der Waals surface area contributed by atoms with Gasteiger partial charge in [0.15, 0.2) is 0 Å². The van der Waals surface area contributed by atoms with Gasteiger partial charge in [0.05, 0.1) is 40.1 Å². The van der Waals surface area contributed by atoms with Gasteiger partial charge in [-0.3, -0.25) is 4.79 Å².